The molecule has 0 radical (unpaired) electrons. The van der Waals surface area contributed by atoms with E-state index in [0.29, 0.717) is 12.2 Å². The molecule has 0 fully saturated rings. The van der Waals surface area contributed by atoms with Gasteiger partial charge in [-0.05, 0) is 49.0 Å². The lowest BCUT2D eigenvalue weighted by molar-refractivity contribution is 0.0697. The van der Waals surface area contributed by atoms with Crippen LogP contribution in [0.3, 0.4) is 0 Å². The number of aromatic carboxylic acids is 1. The molecule has 5 nitrogen and oxygen atoms in total. The van der Waals surface area contributed by atoms with Crippen molar-refractivity contribution >= 4 is 5.97 Å². The van der Waals surface area contributed by atoms with Gasteiger partial charge in [0.05, 0.1) is 12.7 Å². The molecule has 0 aliphatic rings. The van der Waals surface area contributed by atoms with E-state index < -0.39 is 5.97 Å². The number of benzene rings is 2. The third kappa shape index (κ3) is 5.30. The van der Waals surface area contributed by atoms with Gasteiger partial charge in [0.1, 0.15) is 18.1 Å². The zero-order valence-electron chi connectivity index (χ0n) is 13.4. The average molecular weight is 315 g/mol. The summed E-state index contributed by atoms with van der Waals surface area (Å²) < 4.78 is 10.8. The van der Waals surface area contributed by atoms with Gasteiger partial charge in [-0.1, -0.05) is 12.1 Å². The van der Waals surface area contributed by atoms with Crippen molar-refractivity contribution in [2.75, 3.05) is 27.3 Å². The number of methoxy groups -OCH3 is 1. The van der Waals surface area contributed by atoms with Crippen LogP contribution in [0.5, 0.6) is 11.5 Å². The Labute approximate surface area is 136 Å². The summed E-state index contributed by atoms with van der Waals surface area (Å²) >= 11 is 0. The fraction of sp³-hybridized carbons (Fsp3) is 0.278. The second-order valence-corrected chi connectivity index (χ2v) is 5.26. The number of likely N-dealkylation sites (N-methyl/N-ethyl adjacent to an activating group) is 1. The monoisotopic (exact) mass is 315 g/mol. The second-order valence-electron chi connectivity index (χ2n) is 5.26. The summed E-state index contributed by atoms with van der Waals surface area (Å²) in [4.78, 5) is 12.9. The highest BCUT2D eigenvalue weighted by atomic mass is 16.5. The van der Waals surface area contributed by atoms with Gasteiger partial charge in [-0.3, -0.25) is 4.90 Å². The molecule has 0 amide bonds. The second kappa shape index (κ2) is 8.19. The SMILES string of the molecule is COc1ccc(OCCN(C)Cc2ccc(C(=O)O)cc2)cc1. The van der Waals surface area contributed by atoms with E-state index in [2.05, 4.69) is 4.90 Å². The van der Waals surface area contributed by atoms with Crippen LogP contribution in [0.25, 0.3) is 0 Å². The number of carboxylic acid groups (broad SMARTS) is 1. The van der Waals surface area contributed by atoms with E-state index in [-0.39, 0.29) is 0 Å². The number of hydrogen-bond donors (Lipinski definition) is 1. The molecule has 2 rings (SSSR count). The summed E-state index contributed by atoms with van der Waals surface area (Å²) in [6.45, 7) is 2.09. The first-order chi connectivity index (χ1) is 11.1. The molecule has 2 aromatic carbocycles. The number of carbonyl (C=O) groups is 1. The third-order valence-electron chi connectivity index (χ3n) is 3.45. The van der Waals surface area contributed by atoms with Crippen LogP contribution in [-0.2, 0) is 6.54 Å². The fourth-order valence-electron chi connectivity index (χ4n) is 2.13. The quantitative estimate of drug-likeness (QED) is 0.811. The molecule has 0 heterocycles. The molecule has 0 aromatic heterocycles. The Morgan fingerprint density at radius 2 is 1.65 bits per heavy atom. The average Bonchev–Trinajstić information content (AvgIpc) is 2.56. The predicted octanol–water partition coefficient (Wildman–Crippen LogP) is 2.90. The molecule has 1 N–H and O–H groups in total. The summed E-state index contributed by atoms with van der Waals surface area (Å²) in [5.41, 5.74) is 1.38. The van der Waals surface area contributed by atoms with Crippen molar-refractivity contribution in [1.82, 2.24) is 4.90 Å². The minimum Gasteiger partial charge on any atom is -0.497 e. The lowest BCUT2D eigenvalue weighted by Gasteiger charge is -2.17. The van der Waals surface area contributed by atoms with E-state index >= 15 is 0 Å². The normalized spacial score (nSPS) is 10.6. The Morgan fingerprint density at radius 3 is 2.22 bits per heavy atom. The van der Waals surface area contributed by atoms with Gasteiger partial charge < -0.3 is 14.6 Å². The summed E-state index contributed by atoms with van der Waals surface area (Å²) in [7, 11) is 3.64. The summed E-state index contributed by atoms with van der Waals surface area (Å²) in [5, 5.41) is 8.88. The maximum atomic E-state index is 10.8. The molecule has 0 aliphatic heterocycles. The van der Waals surface area contributed by atoms with Gasteiger partial charge in [-0.2, -0.15) is 0 Å². The third-order valence-corrected chi connectivity index (χ3v) is 3.45. The van der Waals surface area contributed by atoms with E-state index in [1.165, 1.54) is 0 Å². The van der Waals surface area contributed by atoms with Crippen molar-refractivity contribution in [3.63, 3.8) is 0 Å². The summed E-state index contributed by atoms with van der Waals surface area (Å²) in [5.74, 6) is 0.710. The summed E-state index contributed by atoms with van der Waals surface area (Å²) in [6, 6.07) is 14.4. The molecule has 0 saturated carbocycles. The first kappa shape index (κ1) is 16.8. The maximum Gasteiger partial charge on any atom is 0.335 e. The van der Waals surface area contributed by atoms with E-state index in [1.807, 2.05) is 43.4 Å². The minimum absolute atomic E-state index is 0.305. The summed E-state index contributed by atoms with van der Waals surface area (Å²) in [6.07, 6.45) is 0. The van der Waals surface area contributed by atoms with Crippen LogP contribution in [-0.4, -0.2) is 43.3 Å². The molecular formula is C18H21NO4. The van der Waals surface area contributed by atoms with Gasteiger partial charge in [0.25, 0.3) is 0 Å². The Kier molecular flexibility index (Phi) is 6.00. The lowest BCUT2D eigenvalue weighted by Crippen LogP contribution is -2.23. The van der Waals surface area contributed by atoms with Crippen molar-refractivity contribution < 1.29 is 19.4 Å². The smallest absolute Gasteiger partial charge is 0.335 e. The van der Waals surface area contributed by atoms with Crippen LogP contribution < -0.4 is 9.47 Å². The largest absolute Gasteiger partial charge is 0.497 e. The van der Waals surface area contributed by atoms with Crippen molar-refractivity contribution in [2.45, 2.75) is 6.54 Å². The fourth-order valence-corrected chi connectivity index (χ4v) is 2.13. The molecule has 122 valence electrons. The maximum absolute atomic E-state index is 10.8. The Bertz CT molecular complexity index is 622. The molecule has 23 heavy (non-hydrogen) atoms. The van der Waals surface area contributed by atoms with Gasteiger partial charge in [0, 0.05) is 13.1 Å². The number of nitrogens with zero attached hydrogens (tertiary/aromatic N) is 1. The van der Waals surface area contributed by atoms with Crippen LogP contribution >= 0.6 is 0 Å². The number of ether oxygens (including phenoxy) is 2. The van der Waals surface area contributed by atoms with Crippen molar-refractivity contribution in [3.8, 4) is 11.5 Å². The Morgan fingerprint density at radius 1 is 1.04 bits per heavy atom. The lowest BCUT2D eigenvalue weighted by atomic mass is 10.1. The molecule has 0 bridgehead atoms. The Hall–Kier alpha value is -2.53. The molecule has 5 heteroatoms. The first-order valence-electron chi connectivity index (χ1n) is 7.36. The highest BCUT2D eigenvalue weighted by Crippen LogP contribution is 2.16. The van der Waals surface area contributed by atoms with Crippen LogP contribution in [0, 0.1) is 0 Å². The molecular weight excluding hydrogens is 294 g/mol. The molecule has 2 aromatic rings. The standard InChI is InChI=1S/C18H21NO4/c1-19(13-14-3-5-15(6-4-14)18(20)21)11-12-23-17-9-7-16(22-2)8-10-17/h3-10H,11-13H2,1-2H3,(H,20,21). The predicted molar refractivity (Wildman–Crippen MR) is 88.2 cm³/mol. The van der Waals surface area contributed by atoms with Gasteiger partial charge in [-0.15, -0.1) is 0 Å². The number of rotatable bonds is 8. The van der Waals surface area contributed by atoms with E-state index in [4.69, 9.17) is 14.6 Å². The highest BCUT2D eigenvalue weighted by molar-refractivity contribution is 5.87. The van der Waals surface area contributed by atoms with E-state index in [0.717, 1.165) is 30.2 Å². The highest BCUT2D eigenvalue weighted by Gasteiger charge is 2.04. The molecule has 0 aliphatic carbocycles. The topological polar surface area (TPSA) is 59.0 Å². The van der Waals surface area contributed by atoms with Gasteiger partial charge in [-0.25, -0.2) is 4.79 Å². The van der Waals surface area contributed by atoms with E-state index in [1.54, 1.807) is 19.2 Å². The minimum atomic E-state index is -0.905. The van der Waals surface area contributed by atoms with Gasteiger partial charge in [0.15, 0.2) is 0 Å². The zero-order chi connectivity index (χ0) is 16.7. The van der Waals surface area contributed by atoms with Crippen molar-refractivity contribution in [2.24, 2.45) is 0 Å². The van der Waals surface area contributed by atoms with Crippen LogP contribution in [0.4, 0.5) is 0 Å². The van der Waals surface area contributed by atoms with Gasteiger partial charge in [0.2, 0.25) is 0 Å². The number of hydrogen-bond acceptors (Lipinski definition) is 4. The first-order valence-corrected chi connectivity index (χ1v) is 7.36. The number of carboxylic acids is 1. The van der Waals surface area contributed by atoms with E-state index in [9.17, 15) is 4.79 Å². The molecule has 0 spiro atoms. The van der Waals surface area contributed by atoms with Crippen LogP contribution in [0.1, 0.15) is 15.9 Å². The van der Waals surface area contributed by atoms with Crippen LogP contribution in [0.15, 0.2) is 48.5 Å². The molecule has 0 saturated heterocycles. The van der Waals surface area contributed by atoms with Crippen LogP contribution in [0.2, 0.25) is 0 Å². The Balaban J connectivity index is 1.75. The zero-order valence-corrected chi connectivity index (χ0v) is 13.4. The van der Waals surface area contributed by atoms with Crippen molar-refractivity contribution in [1.29, 1.82) is 0 Å². The van der Waals surface area contributed by atoms with Gasteiger partial charge >= 0.3 is 5.97 Å². The molecule has 0 unspecified atom stereocenters. The molecule has 0 atom stereocenters. The van der Waals surface area contributed by atoms with Crippen molar-refractivity contribution in [3.05, 3.63) is 59.7 Å².